The van der Waals surface area contributed by atoms with Crippen LogP contribution in [0.3, 0.4) is 0 Å². The maximum Gasteiger partial charge on any atom is 0.203 e. The second kappa shape index (κ2) is 7.51. The minimum atomic E-state index is -2.97. The molecular weight excluding hydrogens is 294 g/mol. The number of nitrogens with one attached hydrogen (secondary N) is 1. The zero-order chi connectivity index (χ0) is 16.0. The second-order valence-electron chi connectivity index (χ2n) is 4.76. The summed E-state index contributed by atoms with van der Waals surface area (Å²) in [6, 6.07) is 3.65. The predicted octanol–water partition coefficient (Wildman–Crippen LogP) is 1.41. The highest BCUT2D eigenvalue weighted by molar-refractivity contribution is 7.90. The number of sulfone groups is 1. The maximum absolute atomic E-state index is 11.1. The summed E-state index contributed by atoms with van der Waals surface area (Å²) in [4.78, 5) is 0. The normalized spacial score (nSPS) is 12.8. The maximum atomic E-state index is 11.1. The molecule has 0 radical (unpaired) electrons. The van der Waals surface area contributed by atoms with Crippen molar-refractivity contribution in [3.63, 3.8) is 0 Å². The molecule has 0 aliphatic carbocycles. The van der Waals surface area contributed by atoms with Gasteiger partial charge in [-0.3, -0.25) is 0 Å². The average molecular weight is 317 g/mol. The van der Waals surface area contributed by atoms with Crippen LogP contribution in [-0.4, -0.2) is 48.3 Å². The third-order valence-corrected chi connectivity index (χ3v) is 4.06. The van der Waals surface area contributed by atoms with E-state index < -0.39 is 9.84 Å². The summed E-state index contributed by atoms with van der Waals surface area (Å²) in [7, 11) is 1.70. The van der Waals surface area contributed by atoms with Crippen molar-refractivity contribution in [3.05, 3.63) is 17.7 Å². The van der Waals surface area contributed by atoms with E-state index in [4.69, 9.17) is 14.2 Å². The van der Waals surface area contributed by atoms with E-state index in [0.29, 0.717) is 23.8 Å². The molecule has 0 heterocycles. The van der Waals surface area contributed by atoms with Gasteiger partial charge in [0.2, 0.25) is 5.75 Å². The van der Waals surface area contributed by atoms with Gasteiger partial charge >= 0.3 is 0 Å². The summed E-state index contributed by atoms with van der Waals surface area (Å²) in [6.07, 6.45) is 1.22. The molecule has 21 heavy (non-hydrogen) atoms. The first-order valence-electron chi connectivity index (χ1n) is 6.53. The Balaban J connectivity index is 2.91. The van der Waals surface area contributed by atoms with Crippen LogP contribution in [0.5, 0.6) is 17.2 Å². The number of methoxy groups -OCH3 is 3. The molecule has 1 rings (SSSR count). The molecule has 0 aliphatic rings. The Kier molecular flexibility index (Phi) is 6.29. The zero-order valence-corrected chi connectivity index (χ0v) is 13.9. The van der Waals surface area contributed by atoms with Crippen LogP contribution in [0.15, 0.2) is 12.1 Å². The van der Waals surface area contributed by atoms with E-state index in [2.05, 4.69) is 5.32 Å². The lowest BCUT2D eigenvalue weighted by Crippen LogP contribution is -2.25. The lowest BCUT2D eigenvalue weighted by Gasteiger charge is -2.18. The third kappa shape index (κ3) is 5.09. The molecule has 0 aromatic heterocycles. The van der Waals surface area contributed by atoms with Gasteiger partial charge in [0.1, 0.15) is 9.84 Å². The first kappa shape index (κ1) is 17.6. The molecule has 120 valence electrons. The fourth-order valence-corrected chi connectivity index (χ4v) is 2.42. The first-order chi connectivity index (χ1) is 9.82. The molecule has 0 saturated carbocycles. The number of hydrogen-bond acceptors (Lipinski definition) is 6. The van der Waals surface area contributed by atoms with Crippen LogP contribution in [0, 0.1) is 0 Å². The van der Waals surface area contributed by atoms with Crippen molar-refractivity contribution in [2.75, 3.05) is 39.9 Å². The van der Waals surface area contributed by atoms with Gasteiger partial charge in [-0.25, -0.2) is 8.42 Å². The van der Waals surface area contributed by atoms with E-state index in [1.165, 1.54) is 6.26 Å². The first-order valence-corrected chi connectivity index (χ1v) is 8.59. The van der Waals surface area contributed by atoms with Gasteiger partial charge in [-0.15, -0.1) is 0 Å². The van der Waals surface area contributed by atoms with Crippen LogP contribution in [0.25, 0.3) is 0 Å². The molecule has 6 nitrogen and oxygen atoms in total. The second-order valence-corrected chi connectivity index (χ2v) is 7.02. The Bertz CT molecular complexity index is 546. The quantitative estimate of drug-likeness (QED) is 0.781. The molecule has 7 heteroatoms. The van der Waals surface area contributed by atoms with Crippen LogP contribution >= 0.6 is 0 Å². The van der Waals surface area contributed by atoms with Crippen molar-refractivity contribution in [1.29, 1.82) is 0 Å². The van der Waals surface area contributed by atoms with Crippen molar-refractivity contribution in [3.8, 4) is 17.2 Å². The fourth-order valence-electron chi connectivity index (χ4n) is 1.93. The lowest BCUT2D eigenvalue weighted by molar-refractivity contribution is 0.323. The van der Waals surface area contributed by atoms with Gasteiger partial charge in [0.15, 0.2) is 11.5 Å². The summed E-state index contributed by atoms with van der Waals surface area (Å²) in [5.41, 5.74) is 0.929. The molecule has 1 N–H and O–H groups in total. The molecule has 1 atom stereocenters. The number of rotatable bonds is 8. The number of benzene rings is 1. The Morgan fingerprint density at radius 1 is 1.10 bits per heavy atom. The van der Waals surface area contributed by atoms with Gasteiger partial charge < -0.3 is 19.5 Å². The van der Waals surface area contributed by atoms with E-state index in [9.17, 15) is 8.42 Å². The molecular formula is C14H23NO5S. The van der Waals surface area contributed by atoms with Crippen molar-refractivity contribution >= 4 is 9.84 Å². The van der Waals surface area contributed by atoms with Gasteiger partial charge in [-0.2, -0.15) is 0 Å². The van der Waals surface area contributed by atoms with Gasteiger partial charge in [0.05, 0.1) is 27.1 Å². The van der Waals surface area contributed by atoms with E-state index in [1.54, 1.807) is 21.3 Å². The van der Waals surface area contributed by atoms with Crippen LogP contribution < -0.4 is 19.5 Å². The third-order valence-electron chi connectivity index (χ3n) is 3.11. The highest BCUT2D eigenvalue weighted by Gasteiger charge is 2.16. The van der Waals surface area contributed by atoms with Gasteiger partial charge in [-0.05, 0) is 24.6 Å². The van der Waals surface area contributed by atoms with Gasteiger partial charge in [0, 0.05) is 18.8 Å². The molecule has 0 fully saturated rings. The number of ether oxygens (including phenoxy) is 3. The lowest BCUT2D eigenvalue weighted by atomic mass is 10.1. The molecule has 0 bridgehead atoms. The molecule has 0 amide bonds. The van der Waals surface area contributed by atoms with E-state index in [-0.39, 0.29) is 11.8 Å². The van der Waals surface area contributed by atoms with Gasteiger partial charge in [0.25, 0.3) is 0 Å². The predicted molar refractivity (Wildman–Crippen MR) is 82.2 cm³/mol. The Morgan fingerprint density at radius 3 is 2.00 bits per heavy atom. The number of hydrogen-bond donors (Lipinski definition) is 1. The monoisotopic (exact) mass is 317 g/mol. The molecule has 0 spiro atoms. The van der Waals surface area contributed by atoms with Crippen LogP contribution in [0.1, 0.15) is 18.5 Å². The van der Waals surface area contributed by atoms with Crippen LogP contribution in [0.2, 0.25) is 0 Å². The zero-order valence-electron chi connectivity index (χ0n) is 13.1. The molecule has 1 unspecified atom stereocenters. The van der Waals surface area contributed by atoms with E-state index in [0.717, 1.165) is 5.56 Å². The van der Waals surface area contributed by atoms with Crippen molar-refractivity contribution in [1.82, 2.24) is 5.32 Å². The Labute approximate surface area is 126 Å². The minimum absolute atomic E-state index is 0.0412. The SMILES string of the molecule is COc1cc(C(C)NCCS(C)(=O)=O)cc(OC)c1OC. The fraction of sp³-hybridized carbons (Fsp3) is 0.571. The van der Waals surface area contributed by atoms with Crippen molar-refractivity contribution in [2.24, 2.45) is 0 Å². The largest absolute Gasteiger partial charge is 0.493 e. The topological polar surface area (TPSA) is 73.9 Å². The molecule has 0 saturated heterocycles. The minimum Gasteiger partial charge on any atom is -0.493 e. The summed E-state index contributed by atoms with van der Waals surface area (Å²) < 4.78 is 38.1. The Hall–Kier alpha value is -1.47. The van der Waals surface area contributed by atoms with Crippen molar-refractivity contribution < 1.29 is 22.6 Å². The van der Waals surface area contributed by atoms with E-state index in [1.807, 2.05) is 19.1 Å². The average Bonchev–Trinajstić information content (AvgIpc) is 2.43. The summed E-state index contributed by atoms with van der Waals surface area (Å²) >= 11 is 0. The molecule has 0 aliphatic heterocycles. The summed E-state index contributed by atoms with van der Waals surface area (Å²) in [5.74, 6) is 1.78. The smallest absolute Gasteiger partial charge is 0.203 e. The molecule has 1 aromatic rings. The van der Waals surface area contributed by atoms with E-state index >= 15 is 0 Å². The highest BCUT2D eigenvalue weighted by Crippen LogP contribution is 2.39. The summed E-state index contributed by atoms with van der Waals surface area (Å²) in [5, 5.41) is 3.16. The standard InChI is InChI=1S/C14H23NO5S/c1-10(15-6-7-21(5,16)17)11-8-12(18-2)14(20-4)13(9-11)19-3/h8-10,15H,6-7H2,1-5H3. The Morgan fingerprint density at radius 2 is 1.62 bits per heavy atom. The van der Waals surface area contributed by atoms with Crippen LogP contribution in [0.4, 0.5) is 0 Å². The highest BCUT2D eigenvalue weighted by atomic mass is 32.2. The van der Waals surface area contributed by atoms with Gasteiger partial charge in [-0.1, -0.05) is 0 Å². The molecule has 1 aromatic carbocycles. The van der Waals surface area contributed by atoms with Crippen molar-refractivity contribution in [2.45, 2.75) is 13.0 Å². The van der Waals surface area contributed by atoms with Crippen LogP contribution in [-0.2, 0) is 9.84 Å². The summed E-state index contributed by atoms with van der Waals surface area (Å²) in [6.45, 7) is 2.33.